The van der Waals surface area contributed by atoms with Crippen molar-refractivity contribution in [1.29, 1.82) is 0 Å². The van der Waals surface area contributed by atoms with Crippen molar-refractivity contribution in [3.63, 3.8) is 0 Å². The van der Waals surface area contributed by atoms with E-state index in [-0.39, 0.29) is 31.1 Å². The second-order valence-corrected chi connectivity index (χ2v) is 18.4. The number of hydrogen-bond donors (Lipinski definition) is 7. The lowest BCUT2D eigenvalue weighted by atomic mass is 9.89. The summed E-state index contributed by atoms with van der Waals surface area (Å²) in [6.07, 6.45) is 25.9. The second kappa shape index (κ2) is 22.8. The van der Waals surface area contributed by atoms with E-state index in [1.54, 1.807) is 0 Å². The smallest absolute Gasteiger partial charge is 0.303 e. The maximum absolute atomic E-state index is 12.9. The standard InChI is InChI=1S/C54H72N4O6/c1-10-39-36(7)44-29-50-54(51(60)22-14-21-35(6)20-13-19-34(5)18-12-17-33(4)16-11-15-32(2)3)38(9)45(57-50)28-49-42(31-59)41(24-26-53(63)64)48(58-49)30-47-40(23-25-52(61)62)37(8)43(56-47)27-46(39)55-44/h15,17,19,21,27-31,36,39,51,55-58,60H,10-14,16,18,20,22-26H2,1-9H3,(H,61,62)(H,63,64)/b33-17+,34-19+,35-21+,44-29-,46-27-,48-30-,49-28-/t36?,39-,51-/m0/s1. The van der Waals surface area contributed by atoms with Crippen molar-refractivity contribution in [2.45, 2.75) is 152 Å². The molecular formula is C54H72N4O6. The van der Waals surface area contributed by atoms with Crippen molar-refractivity contribution in [2.24, 2.45) is 11.8 Å². The molecule has 344 valence electrons. The molecule has 5 heterocycles. The molecule has 5 rings (SSSR count). The zero-order valence-corrected chi connectivity index (χ0v) is 39.7. The molecule has 3 aromatic heterocycles. The van der Waals surface area contributed by atoms with Crippen LogP contribution in [-0.2, 0) is 22.4 Å². The predicted octanol–water partition coefficient (Wildman–Crippen LogP) is 10.7. The zero-order valence-electron chi connectivity index (χ0n) is 39.7. The summed E-state index contributed by atoms with van der Waals surface area (Å²) in [6.45, 7) is 19.3. The number of rotatable bonds is 21. The minimum Gasteiger partial charge on any atom is -0.481 e. The summed E-state index contributed by atoms with van der Waals surface area (Å²) in [5, 5.41) is 36.1. The largest absolute Gasteiger partial charge is 0.481 e. The molecule has 10 nitrogen and oxygen atoms in total. The van der Waals surface area contributed by atoms with Crippen LogP contribution in [0.1, 0.15) is 186 Å². The monoisotopic (exact) mass is 873 g/mol. The number of aldehydes is 1. The third-order valence-corrected chi connectivity index (χ3v) is 13.1. The Labute approximate surface area is 379 Å². The van der Waals surface area contributed by atoms with Gasteiger partial charge in [0.15, 0.2) is 6.29 Å². The first-order chi connectivity index (χ1) is 30.5. The molecule has 10 heteroatoms. The van der Waals surface area contributed by atoms with Gasteiger partial charge in [-0.1, -0.05) is 60.4 Å². The van der Waals surface area contributed by atoms with Crippen molar-refractivity contribution in [2.75, 3.05) is 0 Å². The second-order valence-electron chi connectivity index (χ2n) is 18.4. The molecule has 0 amide bonds. The normalized spacial score (nSPS) is 19.6. The number of carboxylic acids is 2. The summed E-state index contributed by atoms with van der Waals surface area (Å²) in [5.41, 5.74) is 15.0. The van der Waals surface area contributed by atoms with Crippen LogP contribution in [0.15, 0.2) is 58.0 Å². The van der Waals surface area contributed by atoms with Gasteiger partial charge in [0.25, 0.3) is 0 Å². The molecule has 1 fully saturated rings. The molecule has 8 bridgehead atoms. The fraction of sp³-hybridized carbons (Fsp3) is 0.463. The number of nitrogens with one attached hydrogen (secondary N) is 4. The molecule has 0 saturated carbocycles. The first kappa shape index (κ1) is 49.4. The summed E-state index contributed by atoms with van der Waals surface area (Å²) in [6, 6.07) is 0. The van der Waals surface area contributed by atoms with Gasteiger partial charge < -0.3 is 35.6 Å². The van der Waals surface area contributed by atoms with Crippen LogP contribution in [0, 0.1) is 25.7 Å². The van der Waals surface area contributed by atoms with E-state index in [9.17, 15) is 29.7 Å². The van der Waals surface area contributed by atoms with E-state index in [1.807, 2.05) is 26.0 Å². The fourth-order valence-electron chi connectivity index (χ4n) is 9.27. The third-order valence-electron chi connectivity index (χ3n) is 13.1. The van der Waals surface area contributed by atoms with Crippen LogP contribution in [0.4, 0.5) is 0 Å². The number of aliphatic carboxylic acids is 2. The number of aliphatic hydroxyl groups excluding tert-OH is 1. The first-order valence-electron chi connectivity index (χ1n) is 23.3. The maximum atomic E-state index is 12.9. The quantitative estimate of drug-likeness (QED) is 0.0412. The number of allylic oxidation sites excluding steroid dienone is 10. The van der Waals surface area contributed by atoms with Gasteiger partial charge in [-0.25, -0.2) is 0 Å². The summed E-state index contributed by atoms with van der Waals surface area (Å²) < 4.78 is 0. The van der Waals surface area contributed by atoms with Gasteiger partial charge in [-0.2, -0.15) is 0 Å². The highest BCUT2D eigenvalue weighted by atomic mass is 16.4. The number of fused-ring (bicyclic) bond motifs is 8. The molecule has 3 aromatic rings. The number of H-pyrrole nitrogens is 3. The zero-order chi connectivity index (χ0) is 46.7. The summed E-state index contributed by atoms with van der Waals surface area (Å²) in [4.78, 5) is 47.0. The molecule has 7 N–H and O–H groups in total. The van der Waals surface area contributed by atoms with E-state index in [2.05, 4.69) is 105 Å². The van der Waals surface area contributed by atoms with Crippen LogP contribution in [-0.4, -0.2) is 48.5 Å². The Bertz CT molecular complexity index is 2510. The van der Waals surface area contributed by atoms with Crippen LogP contribution >= 0.6 is 0 Å². The molecule has 2 aliphatic rings. The highest BCUT2D eigenvalue weighted by Gasteiger charge is 2.32. The van der Waals surface area contributed by atoms with E-state index in [0.29, 0.717) is 40.4 Å². The highest BCUT2D eigenvalue weighted by molar-refractivity contribution is 5.80. The van der Waals surface area contributed by atoms with Crippen molar-refractivity contribution in [1.82, 2.24) is 20.3 Å². The molecular weight excluding hydrogens is 801 g/mol. The lowest BCUT2D eigenvalue weighted by Gasteiger charge is -2.14. The third kappa shape index (κ3) is 12.8. The van der Waals surface area contributed by atoms with E-state index in [1.165, 1.54) is 22.3 Å². The number of aromatic nitrogens is 3. The molecule has 2 aliphatic heterocycles. The Morgan fingerprint density at radius 3 is 1.77 bits per heavy atom. The number of carbonyl (C=O) groups excluding carboxylic acids is 1. The van der Waals surface area contributed by atoms with Gasteiger partial charge in [0.2, 0.25) is 0 Å². The van der Waals surface area contributed by atoms with Gasteiger partial charge in [-0.05, 0) is 166 Å². The average molecular weight is 873 g/mol. The first-order valence-corrected chi connectivity index (χ1v) is 23.3. The molecule has 1 saturated heterocycles. The molecule has 0 aliphatic carbocycles. The fourth-order valence-corrected chi connectivity index (χ4v) is 9.27. The number of carbonyl (C=O) groups is 3. The average Bonchev–Trinajstić information content (AvgIpc) is 3.91. The topological polar surface area (TPSA) is 171 Å². The van der Waals surface area contributed by atoms with Crippen molar-refractivity contribution < 1.29 is 29.7 Å². The lowest BCUT2D eigenvalue weighted by Crippen LogP contribution is -2.14. The number of hydrogen-bond acceptors (Lipinski definition) is 5. The molecule has 3 atom stereocenters. The van der Waals surface area contributed by atoms with Crippen molar-refractivity contribution >= 4 is 42.5 Å². The Hall–Kier alpha value is -5.61. The van der Waals surface area contributed by atoms with E-state index >= 15 is 0 Å². The Kier molecular flexibility index (Phi) is 17.6. The van der Waals surface area contributed by atoms with E-state index in [4.69, 9.17) is 0 Å². The Balaban J connectivity index is 1.48. The minimum absolute atomic E-state index is 0.0593. The molecule has 0 spiro atoms. The van der Waals surface area contributed by atoms with Gasteiger partial charge in [0, 0.05) is 75.3 Å². The Morgan fingerprint density at radius 2 is 1.19 bits per heavy atom. The van der Waals surface area contributed by atoms with Crippen LogP contribution in [0.3, 0.4) is 0 Å². The Morgan fingerprint density at radius 1 is 0.656 bits per heavy atom. The molecule has 64 heavy (non-hydrogen) atoms. The minimum atomic E-state index is -0.981. The molecule has 0 radical (unpaired) electrons. The van der Waals surface area contributed by atoms with Gasteiger partial charge >= 0.3 is 11.9 Å². The van der Waals surface area contributed by atoms with Crippen LogP contribution < -0.4 is 16.0 Å². The van der Waals surface area contributed by atoms with Crippen molar-refractivity contribution in [3.05, 3.63) is 125 Å². The number of aliphatic hydroxyl groups is 1. The van der Waals surface area contributed by atoms with Gasteiger partial charge in [-0.15, -0.1) is 0 Å². The van der Waals surface area contributed by atoms with E-state index < -0.39 is 18.0 Å². The number of aromatic amines is 3. The van der Waals surface area contributed by atoms with E-state index in [0.717, 1.165) is 108 Å². The van der Waals surface area contributed by atoms with Crippen LogP contribution in [0.2, 0.25) is 0 Å². The predicted molar refractivity (Wildman–Crippen MR) is 260 cm³/mol. The summed E-state index contributed by atoms with van der Waals surface area (Å²) in [5.74, 6) is -1.55. The van der Waals surface area contributed by atoms with Gasteiger partial charge in [0.1, 0.15) is 0 Å². The van der Waals surface area contributed by atoms with Crippen LogP contribution in [0.25, 0.3) is 24.3 Å². The maximum Gasteiger partial charge on any atom is 0.303 e. The van der Waals surface area contributed by atoms with Gasteiger partial charge in [0.05, 0.1) is 11.5 Å². The van der Waals surface area contributed by atoms with Crippen molar-refractivity contribution in [3.8, 4) is 0 Å². The summed E-state index contributed by atoms with van der Waals surface area (Å²) in [7, 11) is 0. The molecule has 0 aromatic carbocycles. The van der Waals surface area contributed by atoms with Crippen LogP contribution in [0.5, 0.6) is 0 Å². The number of carboxylic acid groups (broad SMARTS) is 2. The SMILES string of the molecule is CC[C@@H]1/C2=C/c3[nH]c(c(CCC(=O)O)c3C)/C=c3\[nH]/c(c(C=O)c3CCC(=O)O)=C\c3[nH]c(c([C@@H](O)CC/C=C(\C)CC/C=C(\C)CC/C=C(\C)CCC=C(C)C)c3C)/C=C(\N2)C1C. The van der Waals surface area contributed by atoms with Gasteiger partial charge in [-0.3, -0.25) is 14.4 Å². The highest BCUT2D eigenvalue weighted by Crippen LogP contribution is 2.39. The molecule has 1 unspecified atom stereocenters. The lowest BCUT2D eigenvalue weighted by molar-refractivity contribution is -0.138. The summed E-state index contributed by atoms with van der Waals surface area (Å²) >= 11 is 0.